The van der Waals surface area contributed by atoms with Gasteiger partial charge in [0.25, 0.3) is 5.91 Å². The summed E-state index contributed by atoms with van der Waals surface area (Å²) >= 11 is 1.61. The molecule has 0 radical (unpaired) electrons. The number of aryl methyl sites for hydroxylation is 1. The lowest BCUT2D eigenvalue weighted by Gasteiger charge is -2.33. The van der Waals surface area contributed by atoms with Gasteiger partial charge in [-0.25, -0.2) is 9.98 Å². The average Bonchev–Trinajstić information content (AvgIpc) is 3.32. The Hall–Kier alpha value is -2.71. The van der Waals surface area contributed by atoms with Crippen molar-refractivity contribution in [1.82, 2.24) is 19.8 Å². The van der Waals surface area contributed by atoms with Crippen molar-refractivity contribution in [3.8, 4) is 11.3 Å². The maximum Gasteiger partial charge on any atom is 0.264 e. The van der Waals surface area contributed by atoms with E-state index in [1.807, 2.05) is 24.1 Å². The molecule has 1 aliphatic heterocycles. The van der Waals surface area contributed by atoms with Crippen LogP contribution in [-0.2, 0) is 0 Å². The molecule has 1 atom stereocenters. The summed E-state index contributed by atoms with van der Waals surface area (Å²) in [7, 11) is 4.20. The van der Waals surface area contributed by atoms with Crippen molar-refractivity contribution in [3.05, 3.63) is 34.3 Å². The Morgan fingerprint density at radius 3 is 2.91 bits per heavy atom. The first kappa shape index (κ1) is 23.4. The van der Waals surface area contributed by atoms with Crippen LogP contribution in [0.2, 0.25) is 0 Å². The molecule has 1 unspecified atom stereocenters. The Labute approximate surface area is 201 Å². The van der Waals surface area contributed by atoms with Crippen LogP contribution in [0.3, 0.4) is 0 Å². The van der Waals surface area contributed by atoms with Gasteiger partial charge in [-0.15, -0.1) is 11.3 Å². The van der Waals surface area contributed by atoms with Gasteiger partial charge in [0, 0.05) is 32.8 Å². The van der Waals surface area contributed by atoms with E-state index in [0.717, 1.165) is 58.0 Å². The topological polar surface area (TPSA) is 90.6 Å². The fourth-order valence-corrected chi connectivity index (χ4v) is 6.14. The maximum absolute atomic E-state index is 13.4. The maximum atomic E-state index is 13.4. The van der Waals surface area contributed by atoms with Crippen LogP contribution in [0, 0.1) is 12.8 Å². The summed E-state index contributed by atoms with van der Waals surface area (Å²) in [6.45, 7) is 9.08. The quantitative estimate of drug-likeness (QED) is 0.393. The summed E-state index contributed by atoms with van der Waals surface area (Å²) < 4.78 is 1.16. The third-order valence-electron chi connectivity index (χ3n) is 6.26. The molecule has 3 aromatic rings. The fraction of sp³-hybridized carbons (Fsp3) is 0.480. The number of rotatable bonds is 6. The van der Waals surface area contributed by atoms with Crippen LogP contribution in [0.25, 0.3) is 21.5 Å². The minimum absolute atomic E-state index is 0. The van der Waals surface area contributed by atoms with E-state index in [4.69, 9.17) is 5.73 Å². The van der Waals surface area contributed by atoms with Gasteiger partial charge in [0.15, 0.2) is 5.82 Å². The molecule has 0 bridgehead atoms. The Bertz CT molecular complexity index is 1180. The summed E-state index contributed by atoms with van der Waals surface area (Å²) in [5.74, 6) is 1.63. The van der Waals surface area contributed by atoms with Crippen LogP contribution in [-0.4, -0.2) is 65.7 Å². The number of fused-ring (bicyclic) bond motifs is 1. The molecule has 3 N–H and O–H groups in total. The molecule has 4 rings (SSSR count). The van der Waals surface area contributed by atoms with E-state index < -0.39 is 0 Å². The first-order chi connectivity index (χ1) is 15.8. The van der Waals surface area contributed by atoms with E-state index in [9.17, 15) is 4.79 Å². The third-order valence-corrected chi connectivity index (χ3v) is 7.42. The molecule has 0 saturated carbocycles. The van der Waals surface area contributed by atoms with Crippen molar-refractivity contribution in [2.45, 2.75) is 39.5 Å². The molecule has 0 aliphatic carbocycles. The number of pyridine rings is 1. The second-order valence-corrected chi connectivity index (χ2v) is 10.6. The summed E-state index contributed by atoms with van der Waals surface area (Å²) in [6.07, 6.45) is 5.37. The third kappa shape index (κ3) is 4.82. The number of likely N-dealkylation sites (tertiary alicyclic amines) is 1. The van der Waals surface area contributed by atoms with Gasteiger partial charge >= 0.3 is 0 Å². The molecular formula is C25H36N6OS. The smallest absolute Gasteiger partial charge is 0.264 e. The van der Waals surface area contributed by atoms with Crippen LogP contribution >= 0.6 is 11.3 Å². The largest absolute Gasteiger partial charge is 0.390 e. The van der Waals surface area contributed by atoms with E-state index in [0.29, 0.717) is 17.7 Å². The normalized spacial score (nSPS) is 17.2. The number of hydrogen-bond donors (Lipinski definition) is 2. The summed E-state index contributed by atoms with van der Waals surface area (Å²) in [4.78, 5) is 30.6. The summed E-state index contributed by atoms with van der Waals surface area (Å²) in [5, 5.41) is 0. The van der Waals surface area contributed by atoms with Gasteiger partial charge in [-0.2, -0.15) is 0 Å². The van der Waals surface area contributed by atoms with Gasteiger partial charge in [-0.3, -0.25) is 4.79 Å². The number of carbonyl (C=O) groups is 1. The number of hydrogen-bond acceptors (Lipinski definition) is 5. The Kier molecular flexibility index (Phi) is 6.86. The Morgan fingerprint density at radius 2 is 2.24 bits per heavy atom. The number of nitrogens with zero attached hydrogens (tertiary/aromatic N) is 4. The first-order valence-electron chi connectivity index (χ1n) is 11.6. The second-order valence-electron chi connectivity index (χ2n) is 9.59. The van der Waals surface area contributed by atoms with Gasteiger partial charge < -0.3 is 20.5 Å². The molecule has 0 aromatic carbocycles. The lowest BCUT2D eigenvalue weighted by atomic mass is 9.97. The van der Waals surface area contributed by atoms with E-state index >= 15 is 0 Å². The standard InChI is InChI=1S/C25H34N6OS.H2/c1-15(2)21-22(18-9-16(3)24(27-11-18)28-14-26)29-19-10-20(33-23(19)21)25(32)31-8-6-7-17(13-31)12-30(4)5;/h9-11,14-15,17,29H,6-8,12-13H2,1-5H3,(H2,26,27,28);1H. The lowest BCUT2D eigenvalue weighted by molar-refractivity contribution is 0.0660. The van der Waals surface area contributed by atoms with Gasteiger partial charge in [0.05, 0.1) is 27.1 Å². The van der Waals surface area contributed by atoms with Crippen molar-refractivity contribution in [1.29, 1.82) is 0 Å². The highest BCUT2D eigenvalue weighted by atomic mass is 32.1. The molecule has 8 heteroatoms. The predicted octanol–water partition coefficient (Wildman–Crippen LogP) is 5.00. The minimum atomic E-state index is 0. The summed E-state index contributed by atoms with van der Waals surface area (Å²) in [6, 6.07) is 4.11. The molecule has 1 aliphatic rings. The zero-order valence-corrected chi connectivity index (χ0v) is 21.0. The second kappa shape index (κ2) is 9.65. The Morgan fingerprint density at radius 1 is 1.45 bits per heavy atom. The van der Waals surface area contributed by atoms with Crippen molar-refractivity contribution in [2.24, 2.45) is 16.6 Å². The number of nitrogens with two attached hydrogens (primary N) is 1. The monoisotopic (exact) mass is 468 g/mol. The molecule has 1 saturated heterocycles. The molecule has 178 valence electrons. The lowest BCUT2D eigenvalue weighted by Crippen LogP contribution is -2.42. The molecular weight excluding hydrogens is 432 g/mol. The molecule has 33 heavy (non-hydrogen) atoms. The van der Waals surface area contributed by atoms with Crippen molar-refractivity contribution in [2.75, 3.05) is 33.7 Å². The predicted molar refractivity (Wildman–Crippen MR) is 140 cm³/mol. The number of thiophene rings is 1. The number of piperidine rings is 1. The van der Waals surface area contributed by atoms with E-state index in [1.165, 1.54) is 18.3 Å². The van der Waals surface area contributed by atoms with E-state index in [-0.39, 0.29) is 7.33 Å². The summed E-state index contributed by atoms with van der Waals surface area (Å²) in [5.41, 5.74) is 10.7. The van der Waals surface area contributed by atoms with Crippen LogP contribution in [0.15, 0.2) is 23.3 Å². The molecule has 1 fully saturated rings. The number of nitrogens with one attached hydrogen (secondary N) is 1. The average molecular weight is 469 g/mol. The number of carbonyl (C=O) groups excluding carboxylic acids is 1. The number of aromatic nitrogens is 2. The van der Waals surface area contributed by atoms with Gasteiger partial charge in [-0.1, -0.05) is 13.8 Å². The highest BCUT2D eigenvalue weighted by Gasteiger charge is 2.27. The van der Waals surface area contributed by atoms with Gasteiger partial charge in [-0.05, 0) is 69.0 Å². The Balaban J connectivity index is 0.00000324. The van der Waals surface area contributed by atoms with Crippen molar-refractivity contribution in [3.63, 3.8) is 0 Å². The highest BCUT2D eigenvalue weighted by molar-refractivity contribution is 7.21. The van der Waals surface area contributed by atoms with Crippen molar-refractivity contribution < 1.29 is 6.22 Å². The fourth-order valence-electron chi connectivity index (χ4n) is 4.86. The SMILES string of the molecule is Cc1cc(-c2[nH]c3cc(C(=O)N4CCCC(CN(C)C)C4)sc3c2C(C)C)cnc1N=CN.[HH]. The van der Waals surface area contributed by atoms with E-state index in [1.54, 1.807) is 11.3 Å². The highest BCUT2D eigenvalue weighted by Crippen LogP contribution is 2.40. The van der Waals surface area contributed by atoms with Crippen LogP contribution in [0.1, 0.15) is 54.8 Å². The van der Waals surface area contributed by atoms with E-state index in [2.05, 4.69) is 53.9 Å². The number of aromatic amines is 1. The van der Waals surface area contributed by atoms with Gasteiger partial charge in [0.2, 0.25) is 0 Å². The van der Waals surface area contributed by atoms with Crippen LogP contribution in [0.4, 0.5) is 5.82 Å². The van der Waals surface area contributed by atoms with Crippen molar-refractivity contribution >= 4 is 39.6 Å². The number of aliphatic imine (C=N–C) groups is 1. The molecule has 7 nitrogen and oxygen atoms in total. The number of amides is 1. The molecule has 0 spiro atoms. The molecule has 1 amide bonds. The van der Waals surface area contributed by atoms with Gasteiger partial charge in [0.1, 0.15) is 0 Å². The number of H-pyrrole nitrogens is 1. The first-order valence-corrected chi connectivity index (χ1v) is 12.4. The molecule has 4 heterocycles. The molecule has 3 aromatic heterocycles. The minimum Gasteiger partial charge on any atom is -0.390 e. The van der Waals surface area contributed by atoms with Crippen LogP contribution in [0.5, 0.6) is 0 Å². The zero-order chi connectivity index (χ0) is 23.7. The zero-order valence-electron chi connectivity index (χ0n) is 20.2. The van der Waals surface area contributed by atoms with Crippen LogP contribution < -0.4 is 5.73 Å².